The van der Waals surface area contributed by atoms with Gasteiger partial charge in [0.1, 0.15) is 0 Å². The summed E-state index contributed by atoms with van der Waals surface area (Å²) in [5.74, 6) is -0.253. The Morgan fingerprint density at radius 3 is 1.97 bits per heavy atom. The molecule has 0 aliphatic carbocycles. The SMILES string of the molecule is CCN(CC)C(=O)c1ccccc1-c1cccc2c1C(=O)c1ccccc1P2(=O)c1ccccc1. The third-order valence-corrected chi connectivity index (χ3v) is 9.86. The first-order valence-electron chi connectivity index (χ1n) is 11.8. The maximum Gasteiger partial charge on any atom is 0.254 e. The quantitative estimate of drug-likeness (QED) is 0.333. The van der Waals surface area contributed by atoms with Crippen molar-refractivity contribution >= 4 is 34.7 Å². The standard InChI is InChI=1S/C30H26NO3P/c1-3-31(4-2)30(33)24-16-9-8-15-22(24)23-18-12-20-27-28(23)29(32)25-17-10-11-19-26(25)35(27,34)21-13-6-5-7-14-21/h5-20H,3-4H2,1-2H3. The normalized spacial score (nSPS) is 16.3. The van der Waals surface area contributed by atoms with E-state index in [9.17, 15) is 9.59 Å². The maximum atomic E-state index is 15.0. The van der Waals surface area contributed by atoms with E-state index in [1.54, 1.807) is 35.2 Å². The molecule has 1 atom stereocenters. The summed E-state index contributed by atoms with van der Waals surface area (Å²) in [5, 5.41) is 1.77. The van der Waals surface area contributed by atoms with Crippen molar-refractivity contribution in [3.63, 3.8) is 0 Å². The largest absolute Gasteiger partial charge is 0.339 e. The number of amides is 1. The number of carbonyl (C=O) groups excluding carboxylic acids is 2. The van der Waals surface area contributed by atoms with Gasteiger partial charge in [-0.25, -0.2) is 0 Å². The van der Waals surface area contributed by atoms with Crippen LogP contribution in [0.2, 0.25) is 0 Å². The molecule has 0 fully saturated rings. The molecule has 0 saturated heterocycles. The summed E-state index contributed by atoms with van der Waals surface area (Å²) in [6.07, 6.45) is 0. The van der Waals surface area contributed by atoms with Crippen molar-refractivity contribution in [1.82, 2.24) is 4.90 Å². The summed E-state index contributed by atoms with van der Waals surface area (Å²) < 4.78 is 15.0. The Labute approximate surface area is 205 Å². The molecule has 1 unspecified atom stereocenters. The van der Waals surface area contributed by atoms with Crippen LogP contribution in [0.3, 0.4) is 0 Å². The zero-order valence-electron chi connectivity index (χ0n) is 19.8. The van der Waals surface area contributed by atoms with E-state index >= 15 is 4.57 Å². The molecule has 1 aliphatic rings. The van der Waals surface area contributed by atoms with Crippen LogP contribution in [0.1, 0.15) is 40.1 Å². The predicted octanol–water partition coefficient (Wildman–Crippen LogP) is 5.02. The molecule has 1 heterocycles. The lowest BCUT2D eigenvalue weighted by Crippen LogP contribution is -2.37. The number of rotatable bonds is 5. The Balaban J connectivity index is 1.82. The zero-order chi connectivity index (χ0) is 24.6. The second kappa shape index (κ2) is 9.13. The molecular formula is C30H26NO3P. The molecule has 0 bridgehead atoms. The van der Waals surface area contributed by atoms with Gasteiger partial charge in [-0.05, 0) is 31.0 Å². The maximum absolute atomic E-state index is 15.0. The Morgan fingerprint density at radius 1 is 0.686 bits per heavy atom. The molecule has 1 aliphatic heterocycles. The lowest BCUT2D eigenvalue weighted by atomic mass is 9.90. The summed E-state index contributed by atoms with van der Waals surface area (Å²) in [6.45, 7) is 5.08. The molecule has 174 valence electrons. The van der Waals surface area contributed by atoms with Crippen LogP contribution in [0.5, 0.6) is 0 Å². The van der Waals surface area contributed by atoms with Crippen molar-refractivity contribution in [1.29, 1.82) is 0 Å². The van der Waals surface area contributed by atoms with E-state index in [1.165, 1.54) is 0 Å². The highest BCUT2D eigenvalue weighted by atomic mass is 31.2. The zero-order valence-corrected chi connectivity index (χ0v) is 20.7. The van der Waals surface area contributed by atoms with Gasteiger partial charge >= 0.3 is 0 Å². The van der Waals surface area contributed by atoms with Crippen LogP contribution in [0.15, 0.2) is 97.1 Å². The Kier molecular flexibility index (Phi) is 6.00. The van der Waals surface area contributed by atoms with Gasteiger partial charge in [0.2, 0.25) is 0 Å². The van der Waals surface area contributed by atoms with Gasteiger partial charge in [0.15, 0.2) is 12.9 Å². The van der Waals surface area contributed by atoms with E-state index in [2.05, 4.69) is 0 Å². The molecule has 1 amide bonds. The molecule has 0 spiro atoms. The Bertz CT molecular complexity index is 1490. The number of hydrogen-bond donors (Lipinski definition) is 0. The minimum absolute atomic E-state index is 0.0851. The molecule has 5 heteroatoms. The minimum Gasteiger partial charge on any atom is -0.339 e. The van der Waals surface area contributed by atoms with Gasteiger partial charge in [-0.1, -0.05) is 91.0 Å². The lowest BCUT2D eigenvalue weighted by Gasteiger charge is -2.30. The van der Waals surface area contributed by atoms with Crippen molar-refractivity contribution in [2.24, 2.45) is 0 Å². The highest BCUT2D eigenvalue weighted by molar-refractivity contribution is 7.85. The number of nitrogens with zero attached hydrogens (tertiary/aromatic N) is 1. The first-order valence-corrected chi connectivity index (χ1v) is 13.5. The van der Waals surface area contributed by atoms with E-state index < -0.39 is 7.14 Å². The summed E-state index contributed by atoms with van der Waals surface area (Å²) in [7, 11) is -3.32. The van der Waals surface area contributed by atoms with E-state index in [0.29, 0.717) is 56.8 Å². The fourth-order valence-electron chi connectivity index (χ4n) is 4.97. The van der Waals surface area contributed by atoms with E-state index in [4.69, 9.17) is 0 Å². The van der Waals surface area contributed by atoms with Crippen LogP contribution in [0.4, 0.5) is 0 Å². The van der Waals surface area contributed by atoms with E-state index in [-0.39, 0.29) is 11.7 Å². The van der Waals surface area contributed by atoms with Gasteiger partial charge in [-0.3, -0.25) is 9.59 Å². The van der Waals surface area contributed by atoms with Gasteiger partial charge in [-0.2, -0.15) is 0 Å². The second-order valence-electron chi connectivity index (χ2n) is 8.51. The van der Waals surface area contributed by atoms with Crippen molar-refractivity contribution in [3.8, 4) is 11.1 Å². The molecule has 4 aromatic carbocycles. The van der Waals surface area contributed by atoms with Crippen molar-refractivity contribution in [2.45, 2.75) is 13.8 Å². The monoisotopic (exact) mass is 479 g/mol. The van der Waals surface area contributed by atoms with Crippen molar-refractivity contribution in [3.05, 3.63) is 114 Å². The predicted molar refractivity (Wildman–Crippen MR) is 142 cm³/mol. The highest BCUT2D eigenvalue weighted by Gasteiger charge is 2.42. The number of hydrogen-bond acceptors (Lipinski definition) is 3. The third kappa shape index (κ3) is 3.57. The van der Waals surface area contributed by atoms with Crippen LogP contribution in [-0.4, -0.2) is 29.7 Å². The Morgan fingerprint density at radius 2 is 1.26 bits per heavy atom. The fraction of sp³-hybridized carbons (Fsp3) is 0.133. The molecule has 4 aromatic rings. The molecule has 0 radical (unpaired) electrons. The lowest BCUT2D eigenvalue weighted by molar-refractivity contribution is 0.0773. The van der Waals surface area contributed by atoms with E-state index in [0.717, 1.165) is 0 Å². The molecule has 0 aromatic heterocycles. The van der Waals surface area contributed by atoms with Crippen LogP contribution in [-0.2, 0) is 4.57 Å². The first kappa shape index (κ1) is 23.0. The second-order valence-corrected chi connectivity index (χ2v) is 11.2. The minimum atomic E-state index is -3.32. The fourth-order valence-corrected chi connectivity index (χ4v) is 8.02. The Hall–Kier alpha value is -3.75. The van der Waals surface area contributed by atoms with Gasteiger partial charge < -0.3 is 9.46 Å². The number of fused-ring (bicyclic) bond motifs is 2. The van der Waals surface area contributed by atoms with Crippen molar-refractivity contribution < 1.29 is 14.2 Å². The average Bonchev–Trinajstić information content (AvgIpc) is 2.92. The number of carbonyl (C=O) groups is 2. The van der Waals surface area contributed by atoms with Crippen LogP contribution in [0, 0.1) is 0 Å². The molecule has 5 rings (SSSR count). The van der Waals surface area contributed by atoms with Crippen LogP contribution < -0.4 is 15.9 Å². The van der Waals surface area contributed by atoms with Gasteiger partial charge in [0.05, 0.1) is 0 Å². The molecule has 4 nitrogen and oxygen atoms in total. The summed E-state index contributed by atoms with van der Waals surface area (Å²) in [6, 6.07) is 29.4. The molecule has 0 saturated carbocycles. The smallest absolute Gasteiger partial charge is 0.254 e. The van der Waals surface area contributed by atoms with Gasteiger partial charge in [0, 0.05) is 45.7 Å². The topological polar surface area (TPSA) is 54.5 Å². The van der Waals surface area contributed by atoms with Gasteiger partial charge in [-0.15, -0.1) is 0 Å². The summed E-state index contributed by atoms with van der Waals surface area (Å²) >= 11 is 0. The van der Waals surface area contributed by atoms with Crippen molar-refractivity contribution in [2.75, 3.05) is 13.1 Å². The molecular weight excluding hydrogens is 453 g/mol. The van der Waals surface area contributed by atoms with Gasteiger partial charge in [0.25, 0.3) is 5.91 Å². The summed E-state index contributed by atoms with van der Waals surface area (Å²) in [5.41, 5.74) is 2.71. The highest BCUT2D eigenvalue weighted by Crippen LogP contribution is 2.49. The van der Waals surface area contributed by atoms with Crippen LogP contribution in [0.25, 0.3) is 11.1 Å². The third-order valence-electron chi connectivity index (χ3n) is 6.71. The summed E-state index contributed by atoms with van der Waals surface area (Å²) in [4.78, 5) is 29.1. The molecule has 35 heavy (non-hydrogen) atoms. The first-order chi connectivity index (χ1) is 17.0. The average molecular weight is 480 g/mol. The molecule has 0 N–H and O–H groups in total. The van der Waals surface area contributed by atoms with Crippen LogP contribution >= 0.6 is 7.14 Å². The number of benzene rings is 4. The van der Waals surface area contributed by atoms with E-state index in [1.807, 2.05) is 80.6 Å². The number of ketones is 1.